The molecule has 0 unspecified atom stereocenters. The van der Waals surface area contributed by atoms with E-state index in [0.717, 1.165) is 18.2 Å². The molecule has 0 saturated heterocycles. The minimum absolute atomic E-state index is 0.155. The smallest absolute Gasteiger partial charge is 0.327 e. The van der Waals surface area contributed by atoms with E-state index in [1.165, 1.54) is 27.5 Å². The Labute approximate surface area is 182 Å². The SMILES string of the molecule is C=CC(=O)O.c1ccc(C2(c3ccccc3)COc3c(ccc4ccccc34)C2)cc1. The summed E-state index contributed by atoms with van der Waals surface area (Å²) in [5.41, 5.74) is 3.75. The fraction of sp³-hybridized carbons (Fsp3) is 0.107. The van der Waals surface area contributed by atoms with Crippen molar-refractivity contribution in [2.45, 2.75) is 11.8 Å². The Bertz CT molecular complexity index is 1160. The zero-order valence-corrected chi connectivity index (χ0v) is 17.2. The fourth-order valence-electron chi connectivity index (χ4n) is 4.22. The van der Waals surface area contributed by atoms with E-state index >= 15 is 0 Å². The maximum atomic E-state index is 9.25. The van der Waals surface area contributed by atoms with Crippen LogP contribution in [0.5, 0.6) is 5.75 Å². The molecule has 0 amide bonds. The molecule has 1 heterocycles. The van der Waals surface area contributed by atoms with Crippen LogP contribution in [0.4, 0.5) is 0 Å². The van der Waals surface area contributed by atoms with E-state index in [9.17, 15) is 4.79 Å². The molecule has 0 fully saturated rings. The van der Waals surface area contributed by atoms with Crippen LogP contribution < -0.4 is 4.74 Å². The summed E-state index contributed by atoms with van der Waals surface area (Å²) in [4.78, 5) is 9.25. The molecule has 0 bridgehead atoms. The lowest BCUT2D eigenvalue weighted by atomic mass is 9.69. The Kier molecular flexibility index (Phi) is 5.85. The van der Waals surface area contributed by atoms with Gasteiger partial charge in [-0.1, -0.05) is 104 Å². The number of hydrogen-bond acceptors (Lipinski definition) is 2. The Morgan fingerprint density at radius 2 is 1.39 bits per heavy atom. The van der Waals surface area contributed by atoms with Crippen LogP contribution in [-0.4, -0.2) is 17.7 Å². The van der Waals surface area contributed by atoms with Crippen LogP contribution in [0.15, 0.2) is 110 Å². The van der Waals surface area contributed by atoms with Gasteiger partial charge in [0.25, 0.3) is 0 Å². The lowest BCUT2D eigenvalue weighted by Gasteiger charge is -2.39. The zero-order valence-electron chi connectivity index (χ0n) is 17.2. The number of carboxylic acids is 1. The second kappa shape index (κ2) is 8.88. The topological polar surface area (TPSA) is 46.5 Å². The van der Waals surface area contributed by atoms with Gasteiger partial charge in [-0.15, -0.1) is 0 Å². The van der Waals surface area contributed by atoms with Crippen LogP contribution in [-0.2, 0) is 16.6 Å². The first-order chi connectivity index (χ1) is 15.1. The molecule has 0 saturated carbocycles. The fourth-order valence-corrected chi connectivity index (χ4v) is 4.22. The van der Waals surface area contributed by atoms with Gasteiger partial charge < -0.3 is 9.84 Å². The van der Waals surface area contributed by atoms with Crippen molar-refractivity contribution in [1.82, 2.24) is 0 Å². The normalized spacial score (nSPS) is 13.8. The Morgan fingerprint density at radius 3 is 1.97 bits per heavy atom. The van der Waals surface area contributed by atoms with E-state index in [4.69, 9.17) is 9.84 Å². The molecule has 3 nitrogen and oxygen atoms in total. The summed E-state index contributed by atoms with van der Waals surface area (Å²) >= 11 is 0. The van der Waals surface area contributed by atoms with Gasteiger partial charge in [0.05, 0.1) is 5.41 Å². The van der Waals surface area contributed by atoms with Gasteiger partial charge in [0.1, 0.15) is 12.4 Å². The van der Waals surface area contributed by atoms with Gasteiger partial charge in [0.2, 0.25) is 0 Å². The van der Waals surface area contributed by atoms with E-state index in [1.807, 2.05) is 0 Å². The summed E-state index contributed by atoms with van der Waals surface area (Å²) in [6.45, 7) is 3.62. The molecule has 1 N–H and O–H groups in total. The first kappa shape index (κ1) is 20.4. The molecular weight excluding hydrogens is 384 g/mol. The molecule has 4 aromatic rings. The van der Waals surface area contributed by atoms with Gasteiger partial charge in [-0.3, -0.25) is 0 Å². The van der Waals surface area contributed by atoms with Crippen molar-refractivity contribution in [1.29, 1.82) is 0 Å². The highest BCUT2D eigenvalue weighted by molar-refractivity contribution is 5.90. The molecule has 3 heteroatoms. The lowest BCUT2D eigenvalue weighted by molar-refractivity contribution is -0.131. The van der Waals surface area contributed by atoms with Crippen molar-refractivity contribution < 1.29 is 14.6 Å². The number of benzene rings is 4. The minimum atomic E-state index is -0.981. The van der Waals surface area contributed by atoms with Gasteiger partial charge in [0.15, 0.2) is 0 Å². The largest absolute Gasteiger partial charge is 0.491 e. The highest BCUT2D eigenvalue weighted by Crippen LogP contribution is 2.44. The molecule has 0 atom stereocenters. The average Bonchev–Trinajstić information content (AvgIpc) is 2.85. The third-order valence-electron chi connectivity index (χ3n) is 5.74. The van der Waals surface area contributed by atoms with E-state index in [-0.39, 0.29) is 5.41 Å². The predicted octanol–water partition coefficient (Wildman–Crippen LogP) is 6.02. The van der Waals surface area contributed by atoms with Crippen LogP contribution in [0, 0.1) is 0 Å². The highest BCUT2D eigenvalue weighted by atomic mass is 16.5. The summed E-state index contributed by atoms with van der Waals surface area (Å²) in [5, 5.41) is 10.0. The quantitative estimate of drug-likeness (QED) is 0.422. The average molecular weight is 408 g/mol. The van der Waals surface area contributed by atoms with Crippen molar-refractivity contribution >= 4 is 16.7 Å². The van der Waals surface area contributed by atoms with E-state index < -0.39 is 5.97 Å². The molecule has 31 heavy (non-hydrogen) atoms. The summed E-state index contributed by atoms with van der Waals surface area (Å²) in [6.07, 6.45) is 1.78. The minimum Gasteiger partial charge on any atom is -0.491 e. The molecule has 0 radical (unpaired) electrons. The van der Waals surface area contributed by atoms with Crippen molar-refractivity contribution in [3.05, 3.63) is 126 Å². The molecule has 1 aliphatic heterocycles. The first-order valence-electron chi connectivity index (χ1n) is 10.2. The lowest BCUT2D eigenvalue weighted by Crippen LogP contribution is -2.40. The van der Waals surface area contributed by atoms with E-state index in [2.05, 4.69) is 104 Å². The van der Waals surface area contributed by atoms with Crippen molar-refractivity contribution in [3.63, 3.8) is 0 Å². The molecule has 4 aromatic carbocycles. The van der Waals surface area contributed by atoms with Crippen LogP contribution in [0.1, 0.15) is 16.7 Å². The highest BCUT2D eigenvalue weighted by Gasteiger charge is 2.39. The van der Waals surface area contributed by atoms with Gasteiger partial charge in [-0.2, -0.15) is 0 Å². The molecule has 154 valence electrons. The summed E-state index contributed by atoms with van der Waals surface area (Å²) in [6, 6.07) is 34.5. The number of carboxylic acid groups (broad SMARTS) is 1. The van der Waals surface area contributed by atoms with Crippen LogP contribution >= 0.6 is 0 Å². The molecule has 0 aliphatic carbocycles. The predicted molar refractivity (Wildman–Crippen MR) is 125 cm³/mol. The Hall–Kier alpha value is -3.85. The second-order valence-corrected chi connectivity index (χ2v) is 7.60. The molecule has 0 spiro atoms. The maximum Gasteiger partial charge on any atom is 0.327 e. The standard InChI is InChI=1S/C25H20O.C3H4O2/c1-3-10-21(11-4-1)25(22-12-5-2-6-13-22)17-20-16-15-19-9-7-8-14-23(19)24(20)26-18-25;1-2-3(4)5/h1-16H,17-18H2;2H,1H2,(H,4,5). The number of fused-ring (bicyclic) bond motifs is 3. The van der Waals surface area contributed by atoms with Gasteiger partial charge in [0, 0.05) is 11.5 Å². The first-order valence-corrected chi connectivity index (χ1v) is 10.2. The number of ether oxygens (including phenoxy) is 1. The number of rotatable bonds is 3. The monoisotopic (exact) mass is 408 g/mol. The van der Waals surface area contributed by atoms with Crippen molar-refractivity contribution in [3.8, 4) is 5.75 Å². The molecule has 0 aromatic heterocycles. The molecule has 5 rings (SSSR count). The van der Waals surface area contributed by atoms with Crippen molar-refractivity contribution in [2.24, 2.45) is 0 Å². The van der Waals surface area contributed by atoms with E-state index in [1.54, 1.807) is 0 Å². The van der Waals surface area contributed by atoms with Gasteiger partial charge in [-0.05, 0) is 28.5 Å². The van der Waals surface area contributed by atoms with E-state index in [0.29, 0.717) is 6.61 Å². The number of aliphatic carboxylic acids is 1. The maximum absolute atomic E-state index is 9.25. The van der Waals surface area contributed by atoms with Crippen LogP contribution in [0.25, 0.3) is 10.8 Å². The summed E-state index contributed by atoms with van der Waals surface area (Å²) in [5.74, 6) is 0.0654. The van der Waals surface area contributed by atoms with Crippen molar-refractivity contribution in [2.75, 3.05) is 6.61 Å². The van der Waals surface area contributed by atoms with Crippen LogP contribution in [0.3, 0.4) is 0 Å². The Morgan fingerprint density at radius 1 is 0.839 bits per heavy atom. The van der Waals surface area contributed by atoms with Crippen LogP contribution in [0.2, 0.25) is 0 Å². The second-order valence-electron chi connectivity index (χ2n) is 7.60. The van der Waals surface area contributed by atoms with Gasteiger partial charge in [-0.25, -0.2) is 4.79 Å². The number of carbonyl (C=O) groups is 1. The molecular formula is C28H24O3. The third-order valence-corrected chi connectivity index (χ3v) is 5.74. The number of hydrogen-bond donors (Lipinski definition) is 1. The summed E-state index contributed by atoms with van der Waals surface area (Å²) < 4.78 is 6.46. The molecule has 1 aliphatic rings. The third kappa shape index (κ3) is 4.08. The van der Waals surface area contributed by atoms with Gasteiger partial charge >= 0.3 is 5.97 Å². The Balaban J connectivity index is 0.000000418. The zero-order chi connectivity index (χ0) is 21.7. The summed E-state index contributed by atoms with van der Waals surface area (Å²) in [7, 11) is 0.